The molecule has 314 valence electrons. The van der Waals surface area contributed by atoms with Gasteiger partial charge in [-0.05, 0) is 159 Å². The largest absolute Gasteiger partial charge is 0.469 e. The van der Waals surface area contributed by atoms with E-state index in [4.69, 9.17) is 26.3 Å². The number of methoxy groups -OCH3 is 2. The predicted molar refractivity (Wildman–Crippen MR) is 248 cm³/mol. The van der Waals surface area contributed by atoms with Crippen LogP contribution in [-0.4, -0.2) is 26.2 Å². The highest BCUT2D eigenvalue weighted by Crippen LogP contribution is 2.65. The van der Waals surface area contributed by atoms with Crippen molar-refractivity contribution in [2.45, 2.75) is 67.2 Å². The van der Waals surface area contributed by atoms with E-state index in [-0.39, 0.29) is 0 Å². The van der Waals surface area contributed by atoms with Crippen LogP contribution in [0.5, 0.6) is 0 Å². The van der Waals surface area contributed by atoms with E-state index in [0.717, 1.165) is 121 Å². The number of ether oxygens (including phenoxy) is 2. The first-order valence-electron chi connectivity index (χ1n) is 21.0. The van der Waals surface area contributed by atoms with Gasteiger partial charge in [0.05, 0.1) is 36.7 Å². The maximum atomic E-state index is 14.5. The smallest absolute Gasteiger partial charge is 0.310 e. The van der Waals surface area contributed by atoms with Crippen molar-refractivity contribution in [3.8, 4) is 10.6 Å². The van der Waals surface area contributed by atoms with E-state index in [0.29, 0.717) is 0 Å². The summed E-state index contributed by atoms with van der Waals surface area (Å²) in [6.07, 6.45) is 0. The topological polar surface area (TPSA) is 105 Å². The van der Waals surface area contributed by atoms with Crippen molar-refractivity contribution in [1.29, 1.82) is 0 Å². The van der Waals surface area contributed by atoms with Crippen molar-refractivity contribution in [1.82, 2.24) is 0 Å². The van der Waals surface area contributed by atoms with E-state index in [1.807, 2.05) is 12.1 Å². The Bertz CT molecular complexity index is 3000. The van der Waals surface area contributed by atoms with E-state index in [2.05, 4.69) is 128 Å². The van der Waals surface area contributed by atoms with Gasteiger partial charge in [0.25, 0.3) is 16.0 Å². The Morgan fingerprint density at radius 1 is 0.452 bits per heavy atom. The van der Waals surface area contributed by atoms with Crippen molar-refractivity contribution < 1.29 is 35.8 Å². The lowest BCUT2D eigenvalue weighted by molar-refractivity contribution is -0.160. The summed E-state index contributed by atoms with van der Waals surface area (Å²) in [5.41, 5.74) is 15.2. The van der Waals surface area contributed by atoms with Gasteiger partial charge in [0.1, 0.15) is 22.3 Å². The molecule has 2 heterocycles. The monoisotopic (exact) mass is 862 g/mol. The highest BCUT2D eigenvalue weighted by molar-refractivity contribution is 7.46. The van der Waals surface area contributed by atoms with Gasteiger partial charge in [-0.15, -0.1) is 0 Å². The molecule has 10 heteroatoms. The molecular formula is C52H48O8P2. The van der Waals surface area contributed by atoms with E-state index in [9.17, 15) is 9.59 Å². The third-order valence-corrected chi connectivity index (χ3v) is 15.9. The summed E-state index contributed by atoms with van der Waals surface area (Å²) >= 11 is 0. The fourth-order valence-corrected chi connectivity index (χ4v) is 14.1. The van der Waals surface area contributed by atoms with Crippen LogP contribution in [0.15, 0.2) is 102 Å². The first-order valence-corrected chi connectivity index (χ1v) is 23.3. The molecule has 8 aromatic rings. The maximum absolute atomic E-state index is 14.5. The minimum Gasteiger partial charge on any atom is -0.469 e. The zero-order valence-corrected chi connectivity index (χ0v) is 38.3. The molecule has 6 aromatic carbocycles. The molecule has 0 spiro atoms. The van der Waals surface area contributed by atoms with Crippen LogP contribution < -0.4 is 0 Å². The molecule has 3 aliphatic rings. The number of hydrogen-bond donors (Lipinski definition) is 0. The molecule has 0 fully saturated rings. The zero-order valence-electron chi connectivity index (χ0n) is 36.6. The van der Waals surface area contributed by atoms with Crippen molar-refractivity contribution in [2.75, 3.05) is 14.2 Å². The molecule has 8 nitrogen and oxygen atoms in total. The number of carbonyl (C=O) groups is 2. The highest BCUT2D eigenvalue weighted by Gasteiger charge is 2.58. The molecule has 0 N–H and O–H groups in total. The van der Waals surface area contributed by atoms with Crippen molar-refractivity contribution >= 4 is 71.8 Å². The van der Waals surface area contributed by atoms with Crippen LogP contribution in [0.1, 0.15) is 78.6 Å². The summed E-state index contributed by atoms with van der Waals surface area (Å²) in [5.74, 6) is -4.01. The second-order valence-corrected chi connectivity index (χ2v) is 20.0. The summed E-state index contributed by atoms with van der Waals surface area (Å²) in [6.45, 7) is 16.7. The highest BCUT2D eigenvalue weighted by atomic mass is 31.1. The van der Waals surface area contributed by atoms with Gasteiger partial charge in [-0.1, -0.05) is 48.5 Å². The Hall–Kier alpha value is -5.94. The lowest BCUT2D eigenvalue weighted by Crippen LogP contribution is -2.48. The van der Waals surface area contributed by atoms with Gasteiger partial charge < -0.3 is 26.3 Å². The number of fused-ring (bicyclic) bond motifs is 7. The van der Waals surface area contributed by atoms with E-state index in [1.165, 1.54) is 14.2 Å². The molecule has 0 radical (unpaired) electrons. The van der Waals surface area contributed by atoms with Crippen molar-refractivity contribution in [2.24, 2.45) is 11.8 Å². The fraction of sp³-hybridized carbons (Fsp3) is 0.269. The number of carbonyl (C=O) groups excluding carboxylic acids is 2. The first kappa shape index (κ1) is 40.2. The fourth-order valence-electron chi connectivity index (χ4n) is 10.7. The lowest BCUT2D eigenvalue weighted by atomic mass is 9.54. The molecule has 2 unspecified atom stereocenters. The van der Waals surface area contributed by atoms with Crippen LogP contribution in [0.3, 0.4) is 0 Å². The second-order valence-electron chi connectivity index (χ2n) is 17.3. The first-order chi connectivity index (χ1) is 29.8. The normalized spacial score (nSPS) is 17.6. The van der Waals surface area contributed by atoms with Crippen LogP contribution in [0.2, 0.25) is 0 Å². The molecule has 3 aliphatic carbocycles. The molecule has 0 saturated carbocycles. The Morgan fingerprint density at radius 3 is 1.06 bits per heavy atom. The molecule has 0 saturated heterocycles. The van der Waals surface area contributed by atoms with Crippen LogP contribution >= 0.6 is 16.0 Å². The van der Waals surface area contributed by atoms with Crippen LogP contribution in [0.25, 0.3) is 54.5 Å². The van der Waals surface area contributed by atoms with Gasteiger partial charge >= 0.3 is 11.9 Å². The third kappa shape index (κ3) is 6.09. The van der Waals surface area contributed by atoms with Crippen LogP contribution in [0, 0.1) is 67.2 Å². The number of aryl methyl sites for hydroxylation is 8. The average molecular weight is 863 g/mol. The van der Waals surface area contributed by atoms with Gasteiger partial charge in [0.2, 0.25) is 0 Å². The standard InChI is InChI=1S/C52H48O8P2/c1-25-17-29(5)47-35(21-25)36-22-26(2)18-30(6)48(36)58-61(57-47)39-15-11-13-33-41-34-14-12-16-40(43(34)44(42(33)39)46(52(54)56-10)45(41)51(53)55-9)62-59-49-31(7)19-27(3)23-37(49)38-24-28(4)20-32(8)50(38)60-62/h11-24,41,44-46H,1-10H3. The molecule has 0 amide bonds. The van der Waals surface area contributed by atoms with Crippen molar-refractivity contribution in [3.05, 3.63) is 152 Å². The average Bonchev–Trinajstić information content (AvgIpc) is 3.51. The number of esters is 2. The molecule has 2 aromatic heterocycles. The van der Waals surface area contributed by atoms with Gasteiger partial charge in [-0.2, -0.15) is 0 Å². The lowest BCUT2D eigenvalue weighted by Gasteiger charge is -2.49. The Balaban J connectivity index is 1.34. The van der Waals surface area contributed by atoms with Gasteiger partial charge in [0, 0.05) is 33.4 Å². The maximum Gasteiger partial charge on any atom is 0.310 e. The van der Waals surface area contributed by atoms with Crippen LogP contribution in [-0.2, 0) is 19.1 Å². The molecule has 62 heavy (non-hydrogen) atoms. The van der Waals surface area contributed by atoms with E-state index >= 15 is 0 Å². The summed E-state index contributed by atoms with van der Waals surface area (Å²) in [7, 11) is -0.931. The number of benzene rings is 6. The number of rotatable bonds is 4. The van der Waals surface area contributed by atoms with Crippen molar-refractivity contribution in [3.63, 3.8) is 0 Å². The Morgan fingerprint density at radius 2 is 0.758 bits per heavy atom. The summed E-state index contributed by atoms with van der Waals surface area (Å²) in [6, 6.07) is 29.5. The molecule has 0 aliphatic heterocycles. The summed E-state index contributed by atoms with van der Waals surface area (Å²) in [4.78, 5) is 28.7. The van der Waals surface area contributed by atoms with Crippen LogP contribution in [0.4, 0.5) is 0 Å². The van der Waals surface area contributed by atoms with Gasteiger partial charge in [-0.25, -0.2) is 0 Å². The molecule has 11 rings (SSSR count). The zero-order chi connectivity index (χ0) is 43.5. The second kappa shape index (κ2) is 14.9. The van der Waals surface area contributed by atoms with E-state index in [1.54, 1.807) is 0 Å². The molecular weight excluding hydrogens is 815 g/mol. The molecule has 2 bridgehead atoms. The Kier molecular flexibility index (Phi) is 9.62. The minimum atomic E-state index is -1.85. The minimum absolute atomic E-state index is 0.470. The predicted octanol–water partition coefficient (Wildman–Crippen LogP) is 14.5. The van der Waals surface area contributed by atoms with E-state index < -0.39 is 51.6 Å². The SMILES string of the molecule is COC(=O)C1C2c3cccc(-p4oc5c(C)cc(C)cc5c5cc(C)cc(C)c5o4)c3C(c3c2cccc3-p2oc3c(C)cc(C)cc3c3cc(C)cc(C)c3o2)C1C(=O)OC. The third-order valence-electron chi connectivity index (χ3n) is 12.9. The number of hydrogen-bond acceptors (Lipinski definition) is 8. The van der Waals surface area contributed by atoms with Gasteiger partial charge in [-0.3, -0.25) is 9.59 Å². The quantitative estimate of drug-likeness (QED) is 0.161. The Labute approximate surface area is 361 Å². The van der Waals surface area contributed by atoms with Gasteiger partial charge in [0.15, 0.2) is 0 Å². The summed E-state index contributed by atoms with van der Waals surface area (Å²) < 4.78 is 39.8. The molecule has 2 atom stereocenters. The summed E-state index contributed by atoms with van der Waals surface area (Å²) in [5, 5.41) is 5.57.